The Morgan fingerprint density at radius 1 is 1.17 bits per heavy atom. The molecule has 0 aliphatic heterocycles. The summed E-state index contributed by atoms with van der Waals surface area (Å²) in [7, 11) is 0. The Morgan fingerprint density at radius 2 is 1.90 bits per heavy atom. The van der Waals surface area contributed by atoms with Crippen LogP contribution in [-0.2, 0) is 16.1 Å². The van der Waals surface area contributed by atoms with Crippen LogP contribution in [0.1, 0.15) is 44.2 Å². The van der Waals surface area contributed by atoms with Crippen LogP contribution in [0.25, 0.3) is 0 Å². The Labute approximate surface area is 187 Å². The molecule has 2 rings (SSSR count). The molecule has 162 valence electrons. The van der Waals surface area contributed by atoms with Gasteiger partial charge in [0.25, 0.3) is 0 Å². The number of nitrogens with zero attached hydrogens (tertiary/aromatic N) is 1. The zero-order chi connectivity index (χ0) is 21.9. The van der Waals surface area contributed by atoms with Crippen molar-refractivity contribution in [2.45, 2.75) is 52.6 Å². The fraction of sp³-hybridized carbons (Fsp3) is 0.417. The van der Waals surface area contributed by atoms with Crippen LogP contribution < -0.4 is 10.1 Å². The molecule has 0 saturated heterocycles. The van der Waals surface area contributed by atoms with Crippen LogP contribution in [0.4, 0.5) is 0 Å². The van der Waals surface area contributed by atoms with E-state index in [0.29, 0.717) is 32.5 Å². The molecular weight excluding hydrogens is 444 g/mol. The lowest BCUT2D eigenvalue weighted by Crippen LogP contribution is -2.47. The number of carbonyl (C=O) groups excluding carboxylic acids is 2. The van der Waals surface area contributed by atoms with Gasteiger partial charge in [0.2, 0.25) is 11.8 Å². The smallest absolute Gasteiger partial charge is 0.242 e. The Morgan fingerprint density at radius 3 is 2.57 bits per heavy atom. The molecule has 1 N–H and O–H groups in total. The highest BCUT2D eigenvalue weighted by molar-refractivity contribution is 9.10. The highest BCUT2D eigenvalue weighted by atomic mass is 79.9. The largest absolute Gasteiger partial charge is 0.494 e. The third-order valence-corrected chi connectivity index (χ3v) is 5.28. The number of carbonyl (C=O) groups is 2. The second-order valence-corrected chi connectivity index (χ2v) is 8.30. The molecule has 0 heterocycles. The van der Waals surface area contributed by atoms with Crippen molar-refractivity contribution in [1.29, 1.82) is 0 Å². The summed E-state index contributed by atoms with van der Waals surface area (Å²) in [6.07, 6.45) is 1.77. The topological polar surface area (TPSA) is 58.6 Å². The van der Waals surface area contributed by atoms with E-state index in [1.54, 1.807) is 11.8 Å². The lowest BCUT2D eigenvalue weighted by atomic mass is 10.1. The first kappa shape index (κ1) is 23.9. The number of hydrogen-bond acceptors (Lipinski definition) is 3. The van der Waals surface area contributed by atoms with Crippen LogP contribution >= 0.6 is 15.9 Å². The van der Waals surface area contributed by atoms with Crippen LogP contribution in [0.15, 0.2) is 53.0 Å². The first-order chi connectivity index (χ1) is 14.4. The van der Waals surface area contributed by atoms with E-state index < -0.39 is 6.04 Å². The zero-order valence-corrected chi connectivity index (χ0v) is 19.6. The summed E-state index contributed by atoms with van der Waals surface area (Å²) in [4.78, 5) is 27.1. The molecule has 2 aromatic rings. The van der Waals surface area contributed by atoms with E-state index in [2.05, 4.69) is 21.2 Å². The summed E-state index contributed by atoms with van der Waals surface area (Å²) in [5.41, 5.74) is 2.15. The van der Waals surface area contributed by atoms with Gasteiger partial charge in [0, 0.05) is 24.0 Å². The molecule has 0 unspecified atom stereocenters. The molecule has 0 aliphatic carbocycles. The average molecular weight is 475 g/mol. The van der Waals surface area contributed by atoms with Crippen molar-refractivity contribution >= 4 is 27.7 Å². The van der Waals surface area contributed by atoms with Crippen LogP contribution in [-0.4, -0.2) is 35.9 Å². The molecular formula is C24H31BrN2O3. The Hall–Kier alpha value is -2.34. The molecule has 0 radical (unpaired) electrons. The fourth-order valence-electron chi connectivity index (χ4n) is 3.00. The maximum Gasteiger partial charge on any atom is 0.242 e. The van der Waals surface area contributed by atoms with Gasteiger partial charge in [0.05, 0.1) is 6.61 Å². The summed E-state index contributed by atoms with van der Waals surface area (Å²) in [5.74, 6) is 0.615. The molecule has 0 fully saturated rings. The molecule has 0 spiro atoms. The van der Waals surface area contributed by atoms with Gasteiger partial charge in [-0.05, 0) is 56.5 Å². The number of aryl methyl sites for hydroxylation is 1. The highest BCUT2D eigenvalue weighted by Crippen LogP contribution is 2.17. The summed E-state index contributed by atoms with van der Waals surface area (Å²) in [5, 5.41) is 2.89. The van der Waals surface area contributed by atoms with Crippen molar-refractivity contribution < 1.29 is 14.3 Å². The van der Waals surface area contributed by atoms with Gasteiger partial charge in [0.15, 0.2) is 0 Å². The predicted molar refractivity (Wildman–Crippen MR) is 123 cm³/mol. The number of halogens is 1. The zero-order valence-electron chi connectivity index (χ0n) is 18.0. The van der Waals surface area contributed by atoms with E-state index in [-0.39, 0.29) is 11.8 Å². The molecule has 0 saturated carbocycles. The van der Waals surface area contributed by atoms with Gasteiger partial charge in [-0.15, -0.1) is 0 Å². The quantitative estimate of drug-likeness (QED) is 0.473. The predicted octanol–water partition coefficient (Wildman–Crippen LogP) is 4.86. The number of amides is 2. The maximum atomic E-state index is 13.0. The van der Waals surface area contributed by atoms with Gasteiger partial charge in [-0.3, -0.25) is 9.59 Å². The van der Waals surface area contributed by atoms with Crippen molar-refractivity contribution in [1.82, 2.24) is 10.2 Å². The molecule has 1 atom stereocenters. The van der Waals surface area contributed by atoms with Gasteiger partial charge in [-0.2, -0.15) is 0 Å². The Balaban J connectivity index is 1.97. The molecule has 0 aromatic heterocycles. The van der Waals surface area contributed by atoms with Crippen LogP contribution in [0.5, 0.6) is 5.75 Å². The molecule has 30 heavy (non-hydrogen) atoms. The number of ether oxygens (including phenoxy) is 1. The SMILES string of the molecule is CCCNC(=O)[C@H](C)N(Cc1cccc(Br)c1)C(=O)CCCOc1ccc(C)cc1. The van der Waals surface area contributed by atoms with Gasteiger partial charge >= 0.3 is 0 Å². The van der Waals surface area contributed by atoms with Crippen molar-refractivity contribution in [2.24, 2.45) is 0 Å². The van der Waals surface area contributed by atoms with E-state index in [4.69, 9.17) is 4.74 Å². The number of nitrogens with one attached hydrogen (secondary N) is 1. The lowest BCUT2D eigenvalue weighted by molar-refractivity contribution is -0.140. The van der Waals surface area contributed by atoms with E-state index in [9.17, 15) is 9.59 Å². The van der Waals surface area contributed by atoms with Gasteiger partial charge < -0.3 is 15.0 Å². The van der Waals surface area contributed by atoms with E-state index in [1.807, 2.05) is 62.4 Å². The molecule has 2 amide bonds. The fourth-order valence-corrected chi connectivity index (χ4v) is 3.45. The van der Waals surface area contributed by atoms with E-state index in [0.717, 1.165) is 22.2 Å². The van der Waals surface area contributed by atoms with Crippen molar-refractivity contribution in [3.8, 4) is 5.75 Å². The summed E-state index contributed by atoms with van der Waals surface area (Å²) in [6, 6.07) is 15.1. The van der Waals surface area contributed by atoms with Gasteiger partial charge in [-0.1, -0.05) is 52.7 Å². The number of benzene rings is 2. The summed E-state index contributed by atoms with van der Waals surface area (Å²) >= 11 is 3.47. The second kappa shape index (κ2) is 12.4. The first-order valence-electron chi connectivity index (χ1n) is 10.4. The van der Waals surface area contributed by atoms with Crippen LogP contribution in [0.3, 0.4) is 0 Å². The first-order valence-corrected chi connectivity index (χ1v) is 11.2. The maximum absolute atomic E-state index is 13.0. The standard InChI is InChI=1S/C24H31BrN2O3/c1-4-14-26-24(29)19(3)27(17-20-7-5-8-21(25)16-20)23(28)9-6-15-30-22-12-10-18(2)11-13-22/h5,7-8,10-13,16,19H,4,6,9,14-15,17H2,1-3H3,(H,26,29)/t19-/m0/s1. The van der Waals surface area contributed by atoms with Gasteiger partial charge in [-0.25, -0.2) is 0 Å². The summed E-state index contributed by atoms with van der Waals surface area (Å²) < 4.78 is 6.68. The third-order valence-electron chi connectivity index (χ3n) is 4.78. The molecule has 0 aliphatic rings. The Kier molecular flexibility index (Phi) is 9.87. The third kappa shape index (κ3) is 7.82. The monoisotopic (exact) mass is 474 g/mol. The number of hydrogen-bond donors (Lipinski definition) is 1. The second-order valence-electron chi connectivity index (χ2n) is 7.38. The molecule has 2 aromatic carbocycles. The average Bonchev–Trinajstić information content (AvgIpc) is 2.74. The molecule has 6 heteroatoms. The lowest BCUT2D eigenvalue weighted by Gasteiger charge is -2.29. The normalized spacial score (nSPS) is 11.6. The molecule has 5 nitrogen and oxygen atoms in total. The minimum atomic E-state index is -0.541. The number of rotatable bonds is 11. The van der Waals surface area contributed by atoms with Crippen molar-refractivity contribution in [3.05, 3.63) is 64.1 Å². The molecule has 0 bridgehead atoms. The van der Waals surface area contributed by atoms with Crippen LogP contribution in [0, 0.1) is 6.92 Å². The Bertz CT molecular complexity index is 823. The van der Waals surface area contributed by atoms with Crippen molar-refractivity contribution in [2.75, 3.05) is 13.2 Å². The van der Waals surface area contributed by atoms with E-state index in [1.165, 1.54) is 5.56 Å². The van der Waals surface area contributed by atoms with Crippen LogP contribution in [0.2, 0.25) is 0 Å². The summed E-state index contributed by atoms with van der Waals surface area (Å²) in [6.45, 7) is 7.26. The van der Waals surface area contributed by atoms with Crippen molar-refractivity contribution in [3.63, 3.8) is 0 Å². The van der Waals surface area contributed by atoms with Gasteiger partial charge in [0.1, 0.15) is 11.8 Å². The van der Waals surface area contributed by atoms with E-state index >= 15 is 0 Å². The highest BCUT2D eigenvalue weighted by Gasteiger charge is 2.25. The minimum Gasteiger partial charge on any atom is -0.494 e. The minimum absolute atomic E-state index is 0.0540.